The number of benzene rings is 1. The second-order valence-electron chi connectivity index (χ2n) is 2.48. The molecular formula is C6H2FN3O4. The summed E-state index contributed by atoms with van der Waals surface area (Å²) in [4.78, 5) is 9.49. The van der Waals surface area contributed by atoms with E-state index in [0.717, 1.165) is 6.07 Å². The van der Waals surface area contributed by atoms with E-state index in [-0.39, 0.29) is 15.9 Å². The predicted molar refractivity (Wildman–Crippen MR) is 39.6 cm³/mol. The van der Waals surface area contributed by atoms with Gasteiger partial charge in [0, 0.05) is 6.07 Å². The highest BCUT2D eigenvalue weighted by molar-refractivity contribution is 5.80. The van der Waals surface area contributed by atoms with Crippen molar-refractivity contribution in [3.8, 4) is 0 Å². The monoisotopic (exact) mass is 199 g/mol. The van der Waals surface area contributed by atoms with Gasteiger partial charge < -0.3 is 5.21 Å². The Morgan fingerprint density at radius 3 is 2.93 bits per heavy atom. The van der Waals surface area contributed by atoms with Crippen LogP contribution in [0.15, 0.2) is 16.8 Å². The van der Waals surface area contributed by atoms with Gasteiger partial charge in [-0.1, -0.05) is 0 Å². The first kappa shape index (κ1) is 8.35. The largest absolute Gasteiger partial charge is 0.359 e. The molecule has 0 fully saturated rings. The SMILES string of the molecule is O=[N+]([O-])c1cc(F)cc2c1no[n+]2[O-]. The minimum atomic E-state index is -0.892. The predicted octanol–water partition coefficient (Wildman–Crippen LogP) is 0.509. The molecule has 0 saturated heterocycles. The van der Waals surface area contributed by atoms with E-state index in [2.05, 4.69) is 9.79 Å². The fourth-order valence-electron chi connectivity index (χ4n) is 1.06. The molecule has 0 bridgehead atoms. The van der Waals surface area contributed by atoms with Crippen molar-refractivity contribution in [1.82, 2.24) is 5.16 Å². The molecule has 0 spiro atoms. The number of nitro benzene ring substituents is 1. The Labute approximate surface area is 75.0 Å². The fraction of sp³-hybridized carbons (Fsp3) is 0. The summed E-state index contributed by atoms with van der Waals surface area (Å²) in [5.41, 5.74) is -1.18. The first-order valence-corrected chi connectivity index (χ1v) is 3.43. The molecule has 2 aromatic rings. The molecule has 0 unspecified atom stereocenters. The van der Waals surface area contributed by atoms with E-state index >= 15 is 0 Å². The Hall–Kier alpha value is -2.25. The summed E-state index contributed by atoms with van der Waals surface area (Å²) >= 11 is 0. The van der Waals surface area contributed by atoms with Crippen LogP contribution in [0.25, 0.3) is 11.0 Å². The van der Waals surface area contributed by atoms with Crippen LogP contribution in [0, 0.1) is 21.1 Å². The number of hydrogen-bond acceptors (Lipinski definition) is 5. The number of fused-ring (bicyclic) bond motifs is 1. The Bertz CT molecular complexity index is 523. The van der Waals surface area contributed by atoms with Gasteiger partial charge in [-0.15, -0.1) is 0 Å². The molecule has 0 radical (unpaired) electrons. The highest BCUT2D eigenvalue weighted by atomic mass is 19.1. The number of nitrogens with zero attached hydrogens (tertiary/aromatic N) is 3. The maximum absolute atomic E-state index is 12.8. The number of halogens is 1. The second kappa shape index (κ2) is 2.62. The van der Waals surface area contributed by atoms with E-state index in [4.69, 9.17) is 0 Å². The Balaban J connectivity index is 2.88. The zero-order valence-electron chi connectivity index (χ0n) is 6.51. The molecule has 0 N–H and O–H groups in total. The summed E-state index contributed by atoms with van der Waals surface area (Å²) in [5, 5.41) is 24.4. The van der Waals surface area contributed by atoms with Crippen LogP contribution >= 0.6 is 0 Å². The van der Waals surface area contributed by atoms with Crippen molar-refractivity contribution in [1.29, 1.82) is 0 Å². The molecule has 0 aliphatic carbocycles. The van der Waals surface area contributed by atoms with Crippen molar-refractivity contribution in [2.24, 2.45) is 0 Å². The highest BCUT2D eigenvalue weighted by Gasteiger charge is 2.24. The van der Waals surface area contributed by atoms with Gasteiger partial charge in [-0.25, -0.2) is 4.39 Å². The van der Waals surface area contributed by atoms with Crippen molar-refractivity contribution in [2.45, 2.75) is 0 Å². The van der Waals surface area contributed by atoms with Crippen molar-refractivity contribution >= 4 is 16.7 Å². The Kier molecular flexibility index (Phi) is 1.56. The molecule has 0 aliphatic rings. The minimum Gasteiger partial charge on any atom is -0.359 e. The van der Waals surface area contributed by atoms with E-state index < -0.39 is 16.4 Å². The molecule has 1 aromatic heterocycles. The Morgan fingerprint density at radius 1 is 1.57 bits per heavy atom. The van der Waals surface area contributed by atoms with Crippen LogP contribution in [-0.2, 0) is 0 Å². The fourth-order valence-corrected chi connectivity index (χ4v) is 1.06. The highest BCUT2D eigenvalue weighted by Crippen LogP contribution is 2.22. The van der Waals surface area contributed by atoms with E-state index in [0.29, 0.717) is 6.07 Å². The minimum absolute atomic E-state index is 0.0919. The normalized spacial score (nSPS) is 10.6. The van der Waals surface area contributed by atoms with Gasteiger partial charge in [-0.2, -0.15) is 0 Å². The molecule has 7 nitrogen and oxygen atoms in total. The number of nitro groups is 1. The lowest BCUT2D eigenvalue weighted by molar-refractivity contribution is -0.782. The number of aromatic nitrogens is 2. The van der Waals surface area contributed by atoms with Crippen molar-refractivity contribution in [3.05, 3.63) is 33.3 Å². The maximum Gasteiger partial charge on any atom is 0.329 e. The lowest BCUT2D eigenvalue weighted by Gasteiger charge is -1.89. The average molecular weight is 199 g/mol. The molecule has 0 aliphatic heterocycles. The third-order valence-corrected chi connectivity index (χ3v) is 1.63. The number of hydrogen-bond donors (Lipinski definition) is 0. The maximum atomic E-state index is 12.8. The van der Waals surface area contributed by atoms with Crippen LogP contribution in [0.1, 0.15) is 0 Å². The quantitative estimate of drug-likeness (QED) is 0.378. The van der Waals surface area contributed by atoms with Gasteiger partial charge in [0.15, 0.2) is 0 Å². The number of rotatable bonds is 1. The van der Waals surface area contributed by atoms with Crippen molar-refractivity contribution < 1.29 is 18.8 Å². The first-order chi connectivity index (χ1) is 6.59. The van der Waals surface area contributed by atoms with Crippen LogP contribution in [0.3, 0.4) is 0 Å². The van der Waals surface area contributed by atoms with Crippen LogP contribution in [0.4, 0.5) is 10.1 Å². The van der Waals surface area contributed by atoms with Gasteiger partial charge in [-0.05, 0) is 4.90 Å². The zero-order valence-corrected chi connectivity index (χ0v) is 6.51. The van der Waals surface area contributed by atoms with Gasteiger partial charge >= 0.3 is 11.2 Å². The lowest BCUT2D eigenvalue weighted by Crippen LogP contribution is -2.22. The smallest absolute Gasteiger partial charge is 0.329 e. The molecule has 8 heteroatoms. The summed E-state index contributed by atoms with van der Waals surface area (Å²) in [6.07, 6.45) is 0. The zero-order chi connectivity index (χ0) is 10.3. The summed E-state index contributed by atoms with van der Waals surface area (Å²) in [6, 6.07) is 1.48. The molecule has 0 saturated carbocycles. The van der Waals surface area contributed by atoms with E-state index in [1.165, 1.54) is 0 Å². The molecule has 0 amide bonds. The van der Waals surface area contributed by atoms with E-state index in [1.54, 1.807) is 0 Å². The van der Waals surface area contributed by atoms with Crippen LogP contribution < -0.4 is 4.90 Å². The van der Waals surface area contributed by atoms with Crippen molar-refractivity contribution in [3.63, 3.8) is 0 Å². The van der Waals surface area contributed by atoms with Gasteiger partial charge in [0.2, 0.25) is 5.52 Å². The number of non-ortho nitro benzene ring substituents is 1. The van der Waals surface area contributed by atoms with Gasteiger partial charge in [0.25, 0.3) is 0 Å². The van der Waals surface area contributed by atoms with Crippen LogP contribution in [0.5, 0.6) is 0 Å². The second-order valence-corrected chi connectivity index (χ2v) is 2.48. The third-order valence-electron chi connectivity index (χ3n) is 1.63. The molecule has 0 atom stereocenters. The first-order valence-electron chi connectivity index (χ1n) is 3.43. The molecule has 1 heterocycles. The molecule has 72 valence electrons. The standard InChI is InChI=1S/C6H2FN3O4/c7-3-1-4(9(11)12)6-5(2-3)10(13)14-8-6/h1-2H. The summed E-state index contributed by atoms with van der Waals surface area (Å²) in [7, 11) is 0. The molecular weight excluding hydrogens is 197 g/mol. The lowest BCUT2D eigenvalue weighted by atomic mass is 10.2. The van der Waals surface area contributed by atoms with E-state index in [1.807, 2.05) is 0 Å². The van der Waals surface area contributed by atoms with Crippen molar-refractivity contribution in [2.75, 3.05) is 0 Å². The van der Waals surface area contributed by atoms with Gasteiger partial charge in [0.1, 0.15) is 5.82 Å². The van der Waals surface area contributed by atoms with E-state index in [9.17, 15) is 19.7 Å². The Morgan fingerprint density at radius 2 is 2.29 bits per heavy atom. The molecule has 2 rings (SSSR count). The molecule has 14 heavy (non-hydrogen) atoms. The average Bonchev–Trinajstić information content (AvgIpc) is 2.47. The molecule has 1 aromatic carbocycles. The summed E-state index contributed by atoms with van der Waals surface area (Å²) in [5.74, 6) is -0.892. The summed E-state index contributed by atoms with van der Waals surface area (Å²) < 4.78 is 16.9. The van der Waals surface area contributed by atoms with Crippen LogP contribution in [0.2, 0.25) is 0 Å². The topological polar surface area (TPSA) is 96.1 Å². The van der Waals surface area contributed by atoms with Crippen LogP contribution in [-0.4, -0.2) is 10.1 Å². The van der Waals surface area contributed by atoms with Gasteiger partial charge in [0.05, 0.1) is 16.1 Å². The van der Waals surface area contributed by atoms with Gasteiger partial charge in [-0.3, -0.25) is 14.7 Å². The summed E-state index contributed by atoms with van der Waals surface area (Å²) in [6.45, 7) is 0. The third kappa shape index (κ3) is 1.04.